The highest BCUT2D eigenvalue weighted by Crippen LogP contribution is 2.53. The van der Waals surface area contributed by atoms with Crippen LogP contribution in [0.1, 0.15) is 44.1 Å². The smallest absolute Gasteiger partial charge is 0.264 e. The maximum atomic E-state index is 12.7. The molecule has 4 nitrogen and oxygen atoms in total. The van der Waals surface area contributed by atoms with E-state index in [2.05, 4.69) is 10.5 Å². The van der Waals surface area contributed by atoms with Gasteiger partial charge in [0.1, 0.15) is 0 Å². The Morgan fingerprint density at radius 2 is 1.67 bits per heavy atom. The second kappa shape index (κ2) is 5.61. The number of hydrogen-bond acceptors (Lipinski definition) is 3. The van der Waals surface area contributed by atoms with Crippen LogP contribution in [0.5, 0.6) is 0 Å². The predicted molar refractivity (Wildman–Crippen MR) is 91.4 cm³/mol. The van der Waals surface area contributed by atoms with E-state index in [1.54, 1.807) is 0 Å². The van der Waals surface area contributed by atoms with Crippen LogP contribution in [0.15, 0.2) is 35.5 Å². The predicted octanol–water partition coefficient (Wildman–Crippen LogP) is 3.12. The van der Waals surface area contributed by atoms with Gasteiger partial charge in [-0.25, -0.2) is 0 Å². The summed E-state index contributed by atoms with van der Waals surface area (Å²) in [7, 11) is 0. The molecule has 1 heterocycles. The summed E-state index contributed by atoms with van der Waals surface area (Å²) in [6.45, 7) is 0. The number of rotatable bonds is 3. The maximum Gasteiger partial charge on any atom is 0.264 e. The van der Waals surface area contributed by atoms with Gasteiger partial charge in [0.2, 0.25) is 6.10 Å². The zero-order valence-corrected chi connectivity index (χ0v) is 13.9. The van der Waals surface area contributed by atoms with Gasteiger partial charge in [0.15, 0.2) is 0 Å². The Morgan fingerprint density at radius 3 is 2.33 bits per heavy atom. The van der Waals surface area contributed by atoms with Gasteiger partial charge >= 0.3 is 0 Å². The minimum absolute atomic E-state index is 0.0298. The van der Waals surface area contributed by atoms with Gasteiger partial charge in [0, 0.05) is 12.5 Å². The van der Waals surface area contributed by atoms with Crippen molar-refractivity contribution in [3.05, 3.63) is 35.9 Å². The van der Waals surface area contributed by atoms with E-state index in [9.17, 15) is 4.79 Å². The van der Waals surface area contributed by atoms with E-state index in [0.717, 1.165) is 23.1 Å². The van der Waals surface area contributed by atoms with Crippen LogP contribution in [-0.4, -0.2) is 23.8 Å². The number of benzene rings is 1. The number of amides is 1. The fourth-order valence-corrected chi connectivity index (χ4v) is 5.74. The van der Waals surface area contributed by atoms with Gasteiger partial charge in [-0.3, -0.25) is 4.79 Å². The van der Waals surface area contributed by atoms with Crippen LogP contribution in [-0.2, 0) is 9.63 Å². The molecule has 24 heavy (non-hydrogen) atoms. The van der Waals surface area contributed by atoms with Crippen LogP contribution in [0.25, 0.3) is 0 Å². The van der Waals surface area contributed by atoms with Crippen LogP contribution in [0.3, 0.4) is 0 Å². The summed E-state index contributed by atoms with van der Waals surface area (Å²) < 4.78 is 0. The number of hydrogen-bond donors (Lipinski definition) is 1. The molecule has 1 aromatic rings. The maximum absolute atomic E-state index is 12.7. The first-order valence-electron chi connectivity index (χ1n) is 9.34. The fourth-order valence-electron chi connectivity index (χ4n) is 5.74. The molecule has 4 fully saturated rings. The molecular formula is C20H24N2O2. The number of carbonyl (C=O) groups excluding carboxylic acids is 1. The molecule has 5 aliphatic rings. The van der Waals surface area contributed by atoms with Crippen molar-refractivity contribution in [3.8, 4) is 0 Å². The molecule has 1 aromatic carbocycles. The average molecular weight is 324 g/mol. The van der Waals surface area contributed by atoms with Crippen LogP contribution < -0.4 is 5.32 Å². The third-order valence-electron chi connectivity index (χ3n) is 6.60. The molecule has 0 aromatic heterocycles. The van der Waals surface area contributed by atoms with Crippen molar-refractivity contribution < 1.29 is 9.63 Å². The second-order valence-electron chi connectivity index (χ2n) is 8.17. The van der Waals surface area contributed by atoms with Crippen molar-refractivity contribution in [2.24, 2.45) is 28.8 Å². The van der Waals surface area contributed by atoms with E-state index in [1.807, 2.05) is 30.3 Å². The minimum Gasteiger partial charge on any atom is -0.382 e. The topological polar surface area (TPSA) is 50.7 Å². The lowest BCUT2D eigenvalue weighted by Gasteiger charge is -2.54. The van der Waals surface area contributed by atoms with Gasteiger partial charge in [-0.15, -0.1) is 0 Å². The highest BCUT2D eigenvalue weighted by Gasteiger charge is 2.49. The van der Waals surface area contributed by atoms with E-state index in [-0.39, 0.29) is 5.91 Å². The summed E-state index contributed by atoms with van der Waals surface area (Å²) in [4.78, 5) is 18.2. The van der Waals surface area contributed by atoms with Crippen molar-refractivity contribution in [1.29, 1.82) is 0 Å². The van der Waals surface area contributed by atoms with Crippen LogP contribution in [0.4, 0.5) is 0 Å². The molecule has 4 bridgehead atoms. The van der Waals surface area contributed by atoms with E-state index >= 15 is 0 Å². The number of nitrogens with zero attached hydrogens (tertiary/aromatic N) is 1. The summed E-state index contributed by atoms with van der Waals surface area (Å²) in [6.07, 6.45) is 6.81. The van der Waals surface area contributed by atoms with Crippen LogP contribution in [0.2, 0.25) is 0 Å². The molecule has 4 saturated carbocycles. The molecule has 126 valence electrons. The summed E-state index contributed by atoms with van der Waals surface area (Å²) >= 11 is 0. The first-order chi connectivity index (χ1) is 11.8. The zero-order chi connectivity index (χ0) is 16.1. The molecule has 0 saturated heterocycles. The largest absolute Gasteiger partial charge is 0.382 e. The third kappa shape index (κ3) is 2.43. The summed E-state index contributed by atoms with van der Waals surface area (Å²) in [6, 6.07) is 10.4. The molecule has 1 atom stereocenters. The summed E-state index contributed by atoms with van der Waals surface area (Å²) in [5, 5.41) is 7.49. The van der Waals surface area contributed by atoms with Gasteiger partial charge in [-0.2, -0.15) is 0 Å². The normalized spacial score (nSPS) is 39.4. The van der Waals surface area contributed by atoms with Gasteiger partial charge in [0.25, 0.3) is 5.91 Å². The number of oxime groups is 1. The molecule has 6 rings (SSSR count). The molecule has 0 spiro atoms. The molecule has 0 radical (unpaired) electrons. The van der Waals surface area contributed by atoms with E-state index in [0.29, 0.717) is 24.3 Å². The van der Waals surface area contributed by atoms with Gasteiger partial charge in [-0.05, 0) is 61.3 Å². The van der Waals surface area contributed by atoms with Crippen molar-refractivity contribution in [3.63, 3.8) is 0 Å². The highest BCUT2D eigenvalue weighted by molar-refractivity contribution is 6.04. The Labute approximate surface area is 142 Å². The molecule has 4 aliphatic carbocycles. The Hall–Kier alpha value is -1.84. The Balaban J connectivity index is 1.23. The molecule has 4 heteroatoms. The number of carbonyl (C=O) groups is 1. The van der Waals surface area contributed by atoms with Crippen LogP contribution in [0, 0.1) is 23.7 Å². The molecule has 1 N–H and O–H groups in total. The lowest BCUT2D eigenvalue weighted by atomic mass is 9.54. The van der Waals surface area contributed by atoms with Crippen molar-refractivity contribution in [1.82, 2.24) is 5.32 Å². The second-order valence-corrected chi connectivity index (χ2v) is 8.17. The van der Waals surface area contributed by atoms with E-state index in [4.69, 9.17) is 4.84 Å². The third-order valence-corrected chi connectivity index (χ3v) is 6.60. The van der Waals surface area contributed by atoms with E-state index in [1.165, 1.54) is 32.1 Å². The fraction of sp³-hybridized carbons (Fsp3) is 0.600. The minimum atomic E-state index is -0.461. The molecule has 1 unspecified atom stereocenters. The van der Waals surface area contributed by atoms with Gasteiger partial charge < -0.3 is 10.2 Å². The molecule has 1 aliphatic heterocycles. The standard InChI is InChI=1S/C20H24N2O2/c23-20(18-11-17(22-24-18)14-4-2-1-3-5-14)21-19-15-7-12-6-13(9-15)10-16(19)8-12/h1-5,12-13,15-16,18-19H,6-11H2,(H,21,23). The highest BCUT2D eigenvalue weighted by atomic mass is 16.6. The van der Waals surface area contributed by atoms with E-state index < -0.39 is 6.10 Å². The first-order valence-corrected chi connectivity index (χ1v) is 9.34. The van der Waals surface area contributed by atoms with Crippen molar-refractivity contribution >= 4 is 11.6 Å². The molecular weight excluding hydrogens is 300 g/mol. The van der Waals surface area contributed by atoms with Crippen molar-refractivity contribution in [2.75, 3.05) is 0 Å². The average Bonchev–Trinajstić information content (AvgIpc) is 3.08. The zero-order valence-electron chi connectivity index (χ0n) is 13.9. The lowest BCUT2D eigenvalue weighted by molar-refractivity contribution is -0.135. The van der Waals surface area contributed by atoms with Crippen molar-refractivity contribution in [2.45, 2.75) is 50.7 Å². The number of nitrogens with one attached hydrogen (secondary N) is 1. The summed E-state index contributed by atoms with van der Waals surface area (Å²) in [5.41, 5.74) is 1.92. The van der Waals surface area contributed by atoms with Gasteiger partial charge in [0.05, 0.1) is 5.71 Å². The molecule has 1 amide bonds. The lowest BCUT2D eigenvalue weighted by Crippen LogP contribution is -2.57. The SMILES string of the molecule is O=C(NC1C2CC3CC(C2)CC1C3)C1CC(c2ccccc2)=NO1. The Kier molecular flexibility index (Phi) is 3.39. The van der Waals surface area contributed by atoms with Crippen LogP contribution >= 0.6 is 0 Å². The monoisotopic (exact) mass is 324 g/mol. The Morgan fingerprint density at radius 1 is 1.00 bits per heavy atom. The Bertz CT molecular complexity index is 641. The summed E-state index contributed by atoms with van der Waals surface area (Å²) in [5.74, 6) is 3.28. The quantitative estimate of drug-likeness (QED) is 0.929. The van der Waals surface area contributed by atoms with Gasteiger partial charge in [-0.1, -0.05) is 35.5 Å². The first kappa shape index (κ1) is 14.5.